The highest BCUT2D eigenvalue weighted by Gasteiger charge is 2.39. The molecular weight excluding hydrogens is 395 g/mol. The number of carbonyl (C=O) groups is 1. The van der Waals surface area contributed by atoms with Crippen molar-refractivity contribution < 1.29 is 26.4 Å². The Bertz CT molecular complexity index is 766. The number of alkyl halides is 3. The van der Waals surface area contributed by atoms with Gasteiger partial charge >= 0.3 is 6.18 Å². The molecule has 0 unspecified atom stereocenters. The van der Waals surface area contributed by atoms with Crippen LogP contribution >= 0.6 is 11.8 Å². The molecule has 0 saturated carbocycles. The lowest BCUT2D eigenvalue weighted by Crippen LogP contribution is -2.47. The third kappa shape index (κ3) is 4.61. The van der Waals surface area contributed by atoms with E-state index in [1.165, 1.54) is 4.90 Å². The second-order valence-electron chi connectivity index (χ2n) is 6.08. The van der Waals surface area contributed by atoms with Crippen molar-refractivity contribution >= 4 is 27.5 Å². The van der Waals surface area contributed by atoms with Crippen LogP contribution in [0.5, 0.6) is 0 Å². The number of nitrogens with two attached hydrogens (primary N) is 1. The average Bonchev–Trinajstić information content (AvgIpc) is 3.07. The highest BCUT2D eigenvalue weighted by atomic mass is 32.2. The third-order valence-electron chi connectivity index (χ3n) is 4.20. The fourth-order valence-corrected chi connectivity index (χ4v) is 5.21. The zero-order valence-corrected chi connectivity index (χ0v) is 15.9. The minimum atomic E-state index is -4.74. The van der Waals surface area contributed by atoms with Crippen LogP contribution in [0.1, 0.15) is 32.5 Å². The molecule has 1 aromatic rings. The molecule has 26 heavy (non-hydrogen) atoms. The molecule has 1 aliphatic heterocycles. The molecule has 0 radical (unpaired) electrons. The lowest BCUT2D eigenvalue weighted by atomic mass is 10.1. The summed E-state index contributed by atoms with van der Waals surface area (Å²) in [7, 11) is -3.17. The fourth-order valence-electron chi connectivity index (χ4n) is 2.77. The predicted molar refractivity (Wildman–Crippen MR) is 89.6 cm³/mol. The van der Waals surface area contributed by atoms with Gasteiger partial charge in [0.1, 0.15) is 0 Å². The maximum Gasteiger partial charge on any atom is 0.453 e. The van der Waals surface area contributed by atoms with Crippen LogP contribution in [0, 0.1) is 0 Å². The zero-order chi connectivity index (χ0) is 19.7. The van der Waals surface area contributed by atoms with Crippen LogP contribution in [-0.2, 0) is 20.8 Å². The molecule has 0 bridgehead atoms. The van der Waals surface area contributed by atoms with Gasteiger partial charge in [0.05, 0.1) is 17.3 Å². The Labute approximate surface area is 153 Å². The van der Waals surface area contributed by atoms with Crippen LogP contribution in [-0.4, -0.2) is 63.4 Å². The van der Waals surface area contributed by atoms with Gasteiger partial charge in [0.2, 0.25) is 11.1 Å². The van der Waals surface area contributed by atoms with Gasteiger partial charge in [0.25, 0.3) is 5.82 Å². The van der Waals surface area contributed by atoms with E-state index in [0.717, 1.165) is 11.8 Å². The largest absolute Gasteiger partial charge is 0.453 e. The quantitative estimate of drug-likeness (QED) is 0.543. The summed E-state index contributed by atoms with van der Waals surface area (Å²) >= 11 is 0.731. The average molecular weight is 415 g/mol. The maximum atomic E-state index is 12.7. The molecule has 2 rings (SSSR count). The molecular formula is C13H20F3N5O3S2. The van der Waals surface area contributed by atoms with E-state index >= 15 is 0 Å². The number of hydrogen-bond acceptors (Lipinski definition) is 7. The van der Waals surface area contributed by atoms with Crippen LogP contribution in [0.15, 0.2) is 5.16 Å². The van der Waals surface area contributed by atoms with Crippen LogP contribution in [0.3, 0.4) is 0 Å². The Morgan fingerprint density at radius 1 is 1.46 bits per heavy atom. The molecule has 1 aromatic heterocycles. The molecule has 2 heterocycles. The lowest BCUT2D eigenvalue weighted by molar-refractivity contribution is -0.146. The van der Waals surface area contributed by atoms with Gasteiger partial charge in [0, 0.05) is 12.1 Å². The number of amides is 1. The molecule has 2 atom stereocenters. The molecule has 1 saturated heterocycles. The number of rotatable bonds is 6. The standard InChI is InChI=1S/C13H20F3N5O3S2/c1-3-8(2)20(9-4-5-26(23,24)7-9)10(22)6-25-12-19-18-11(21(12)17)13(14,15)16/h8-9H,3-7,17H2,1-2H3/t8-,9-/m0/s1. The Morgan fingerprint density at radius 2 is 2.12 bits per heavy atom. The number of halogens is 3. The number of carbonyl (C=O) groups excluding carboxylic acids is 1. The predicted octanol–water partition coefficient (Wildman–Crippen LogP) is 0.917. The first-order chi connectivity index (χ1) is 12.0. The smallest absolute Gasteiger partial charge is 0.335 e. The Balaban J connectivity index is 2.10. The van der Waals surface area contributed by atoms with Crippen molar-refractivity contribution in [1.29, 1.82) is 0 Å². The van der Waals surface area contributed by atoms with E-state index in [2.05, 4.69) is 10.2 Å². The second-order valence-corrected chi connectivity index (χ2v) is 9.25. The van der Waals surface area contributed by atoms with Crippen LogP contribution in [0.4, 0.5) is 13.2 Å². The van der Waals surface area contributed by atoms with Crippen molar-refractivity contribution in [2.45, 2.75) is 50.1 Å². The van der Waals surface area contributed by atoms with Gasteiger partial charge in [-0.25, -0.2) is 13.1 Å². The Hall–Kier alpha value is -1.50. The highest BCUT2D eigenvalue weighted by molar-refractivity contribution is 7.99. The maximum absolute atomic E-state index is 12.7. The monoisotopic (exact) mass is 415 g/mol. The molecule has 0 aromatic carbocycles. The van der Waals surface area contributed by atoms with Crippen molar-refractivity contribution in [2.24, 2.45) is 0 Å². The fraction of sp³-hybridized carbons (Fsp3) is 0.769. The summed E-state index contributed by atoms with van der Waals surface area (Å²) in [5, 5.41) is 6.12. The number of nitrogens with zero attached hydrogens (tertiary/aromatic N) is 4. The zero-order valence-electron chi connectivity index (χ0n) is 14.2. The van der Waals surface area contributed by atoms with Crippen molar-refractivity contribution in [3.8, 4) is 0 Å². The number of aromatic nitrogens is 3. The second kappa shape index (κ2) is 7.62. The molecule has 148 valence electrons. The molecule has 8 nitrogen and oxygen atoms in total. The summed E-state index contributed by atoms with van der Waals surface area (Å²) in [6.07, 6.45) is -3.77. The molecule has 2 N–H and O–H groups in total. The summed E-state index contributed by atoms with van der Waals surface area (Å²) in [4.78, 5) is 14.1. The lowest BCUT2D eigenvalue weighted by Gasteiger charge is -2.33. The van der Waals surface area contributed by atoms with Gasteiger partial charge in [-0.3, -0.25) is 4.79 Å². The van der Waals surface area contributed by atoms with Gasteiger partial charge in [-0.15, -0.1) is 10.2 Å². The van der Waals surface area contributed by atoms with E-state index in [1.54, 1.807) is 6.92 Å². The summed E-state index contributed by atoms with van der Waals surface area (Å²) in [6, 6.07) is -0.618. The van der Waals surface area contributed by atoms with Crippen LogP contribution < -0.4 is 5.84 Å². The number of hydrogen-bond donors (Lipinski definition) is 1. The van der Waals surface area contributed by atoms with Crippen molar-refractivity contribution in [2.75, 3.05) is 23.1 Å². The van der Waals surface area contributed by atoms with Gasteiger partial charge in [-0.1, -0.05) is 18.7 Å². The van der Waals surface area contributed by atoms with Crippen molar-refractivity contribution in [1.82, 2.24) is 19.8 Å². The third-order valence-corrected chi connectivity index (χ3v) is 6.88. The minimum Gasteiger partial charge on any atom is -0.335 e. The molecule has 0 aliphatic carbocycles. The number of thioether (sulfide) groups is 1. The van der Waals surface area contributed by atoms with Crippen molar-refractivity contribution in [3.63, 3.8) is 0 Å². The number of nitrogen functional groups attached to an aromatic ring is 1. The Morgan fingerprint density at radius 3 is 2.58 bits per heavy atom. The SMILES string of the molecule is CC[C@H](C)N(C(=O)CSc1nnc(C(F)(F)F)n1N)[C@H]1CCS(=O)(=O)C1. The van der Waals surface area contributed by atoms with E-state index in [4.69, 9.17) is 5.84 Å². The first-order valence-corrected chi connectivity index (χ1v) is 10.7. The summed E-state index contributed by atoms with van der Waals surface area (Å²) < 4.78 is 61.7. The normalized spacial score (nSPS) is 20.9. The molecule has 0 spiro atoms. The first-order valence-electron chi connectivity index (χ1n) is 7.88. The van der Waals surface area contributed by atoms with Gasteiger partial charge < -0.3 is 10.7 Å². The van der Waals surface area contributed by atoms with Gasteiger partial charge in [-0.2, -0.15) is 13.2 Å². The van der Waals surface area contributed by atoms with E-state index in [0.29, 0.717) is 17.5 Å². The van der Waals surface area contributed by atoms with Gasteiger partial charge in [0.15, 0.2) is 9.84 Å². The van der Waals surface area contributed by atoms with Gasteiger partial charge in [-0.05, 0) is 19.8 Å². The van der Waals surface area contributed by atoms with Crippen LogP contribution in [0.25, 0.3) is 0 Å². The van der Waals surface area contributed by atoms with E-state index in [1.807, 2.05) is 6.92 Å². The molecule has 1 amide bonds. The van der Waals surface area contributed by atoms with Crippen LogP contribution in [0.2, 0.25) is 0 Å². The highest BCUT2D eigenvalue weighted by Crippen LogP contribution is 2.29. The first kappa shape index (κ1) is 20.8. The minimum absolute atomic E-state index is 0.0249. The van der Waals surface area contributed by atoms with E-state index in [-0.39, 0.29) is 34.4 Å². The van der Waals surface area contributed by atoms with Crippen molar-refractivity contribution in [3.05, 3.63) is 5.82 Å². The summed E-state index contributed by atoms with van der Waals surface area (Å²) in [5.74, 6) is 3.33. The summed E-state index contributed by atoms with van der Waals surface area (Å²) in [5.41, 5.74) is 0. The Kier molecular flexibility index (Phi) is 6.10. The molecule has 13 heteroatoms. The van der Waals surface area contributed by atoms with E-state index < -0.39 is 27.9 Å². The topological polar surface area (TPSA) is 111 Å². The molecule has 1 fully saturated rings. The number of sulfone groups is 1. The summed E-state index contributed by atoms with van der Waals surface area (Å²) in [6.45, 7) is 3.67. The molecule has 1 aliphatic rings. The van der Waals surface area contributed by atoms with E-state index in [9.17, 15) is 26.4 Å².